The summed E-state index contributed by atoms with van der Waals surface area (Å²) < 4.78 is 0. The summed E-state index contributed by atoms with van der Waals surface area (Å²) in [7, 11) is 0. The number of β-lactam (4-membered cyclic amide) rings is 1. The van der Waals surface area contributed by atoms with Crippen molar-refractivity contribution in [2.45, 2.75) is 32.6 Å². The van der Waals surface area contributed by atoms with E-state index in [0.29, 0.717) is 5.57 Å². The molecule has 4 atom stereocenters. The molecule has 122 valence electrons. The standard InChI is InChI=1S/C17H19NO5/c1-8-12(11-5-3-10(7-19)4-6-11)15(17(22)23)18-14(8)13(9(2)20)16(18)21/h3-6,8-9,13-14,19-20H,7H2,1-2H3,(H,22,23)/t8-,9+,13+,14+/m0/s1. The van der Waals surface area contributed by atoms with Gasteiger partial charge in [-0.05, 0) is 23.6 Å². The smallest absolute Gasteiger partial charge is 0.352 e. The van der Waals surface area contributed by atoms with Gasteiger partial charge >= 0.3 is 5.97 Å². The zero-order valence-corrected chi connectivity index (χ0v) is 12.9. The Kier molecular flexibility index (Phi) is 3.74. The Morgan fingerprint density at radius 3 is 2.39 bits per heavy atom. The first kappa shape index (κ1) is 15.7. The molecule has 0 aliphatic carbocycles. The average Bonchev–Trinajstić information content (AvgIpc) is 2.76. The van der Waals surface area contributed by atoms with Crippen LogP contribution in [0.3, 0.4) is 0 Å². The molecular formula is C17H19NO5. The molecule has 0 unspecified atom stereocenters. The van der Waals surface area contributed by atoms with E-state index >= 15 is 0 Å². The van der Waals surface area contributed by atoms with Crippen LogP contribution in [-0.4, -0.2) is 44.2 Å². The van der Waals surface area contributed by atoms with Crippen molar-refractivity contribution in [3.05, 3.63) is 41.1 Å². The van der Waals surface area contributed by atoms with Gasteiger partial charge in [-0.1, -0.05) is 31.2 Å². The maximum absolute atomic E-state index is 12.3. The lowest BCUT2D eigenvalue weighted by Gasteiger charge is -2.46. The lowest BCUT2D eigenvalue weighted by atomic mass is 9.77. The van der Waals surface area contributed by atoms with Crippen LogP contribution in [0.2, 0.25) is 0 Å². The van der Waals surface area contributed by atoms with Gasteiger partial charge in [-0.2, -0.15) is 0 Å². The summed E-state index contributed by atoms with van der Waals surface area (Å²) in [6.07, 6.45) is -0.808. The summed E-state index contributed by atoms with van der Waals surface area (Å²) in [6.45, 7) is 3.35. The predicted molar refractivity (Wildman–Crippen MR) is 81.9 cm³/mol. The number of amides is 1. The van der Waals surface area contributed by atoms with Crippen molar-refractivity contribution in [1.82, 2.24) is 4.90 Å². The zero-order chi connectivity index (χ0) is 16.9. The van der Waals surface area contributed by atoms with Crippen LogP contribution in [0.5, 0.6) is 0 Å². The molecule has 0 bridgehead atoms. The number of carboxylic acid groups (broad SMARTS) is 1. The van der Waals surface area contributed by atoms with Gasteiger partial charge in [0.1, 0.15) is 5.70 Å². The third-order valence-corrected chi connectivity index (χ3v) is 4.82. The molecule has 1 amide bonds. The summed E-state index contributed by atoms with van der Waals surface area (Å²) in [5.41, 5.74) is 2.06. The molecule has 0 spiro atoms. The van der Waals surface area contributed by atoms with Crippen LogP contribution in [0.1, 0.15) is 25.0 Å². The molecule has 3 N–H and O–H groups in total. The van der Waals surface area contributed by atoms with Crippen molar-refractivity contribution >= 4 is 17.4 Å². The summed E-state index contributed by atoms with van der Waals surface area (Å²) in [5.74, 6) is -2.22. The summed E-state index contributed by atoms with van der Waals surface area (Å²) in [4.78, 5) is 25.3. The first-order valence-electron chi connectivity index (χ1n) is 7.57. The molecule has 23 heavy (non-hydrogen) atoms. The van der Waals surface area contributed by atoms with E-state index in [4.69, 9.17) is 5.11 Å². The number of hydrogen-bond donors (Lipinski definition) is 3. The molecule has 0 saturated carbocycles. The lowest BCUT2D eigenvalue weighted by molar-refractivity contribution is -0.163. The number of hydrogen-bond acceptors (Lipinski definition) is 4. The summed E-state index contributed by atoms with van der Waals surface area (Å²) in [5, 5.41) is 28.5. The van der Waals surface area contributed by atoms with Gasteiger partial charge in [0, 0.05) is 5.92 Å². The molecule has 1 saturated heterocycles. The Labute approximate surface area is 133 Å². The number of rotatable bonds is 4. The van der Waals surface area contributed by atoms with Crippen LogP contribution in [0.4, 0.5) is 0 Å². The van der Waals surface area contributed by atoms with Crippen LogP contribution >= 0.6 is 0 Å². The first-order chi connectivity index (χ1) is 10.9. The normalized spacial score (nSPS) is 27.7. The highest BCUT2D eigenvalue weighted by Crippen LogP contribution is 2.50. The molecule has 0 aromatic heterocycles. The molecule has 6 nitrogen and oxygen atoms in total. The quantitative estimate of drug-likeness (QED) is 0.715. The highest BCUT2D eigenvalue weighted by atomic mass is 16.4. The van der Waals surface area contributed by atoms with Gasteiger partial charge in [0.05, 0.1) is 24.7 Å². The largest absolute Gasteiger partial charge is 0.477 e. The van der Waals surface area contributed by atoms with Crippen molar-refractivity contribution in [2.24, 2.45) is 11.8 Å². The van der Waals surface area contributed by atoms with Gasteiger partial charge in [0.25, 0.3) is 0 Å². The van der Waals surface area contributed by atoms with Crippen LogP contribution in [0, 0.1) is 11.8 Å². The molecule has 2 aliphatic heterocycles. The van der Waals surface area contributed by atoms with Gasteiger partial charge < -0.3 is 20.2 Å². The van der Waals surface area contributed by atoms with Gasteiger partial charge in [-0.25, -0.2) is 4.79 Å². The molecule has 1 fully saturated rings. The van der Waals surface area contributed by atoms with Gasteiger partial charge in [-0.15, -0.1) is 0 Å². The van der Waals surface area contributed by atoms with Crippen molar-refractivity contribution in [3.63, 3.8) is 0 Å². The van der Waals surface area contributed by atoms with Crippen LogP contribution in [0.15, 0.2) is 30.0 Å². The van der Waals surface area contributed by atoms with E-state index in [1.54, 1.807) is 31.2 Å². The number of aliphatic carboxylic acids is 1. The molecule has 3 rings (SSSR count). The Balaban J connectivity index is 2.07. The molecule has 1 aromatic rings. The maximum Gasteiger partial charge on any atom is 0.352 e. The number of nitrogens with zero attached hydrogens (tertiary/aromatic N) is 1. The second-order valence-electron chi connectivity index (χ2n) is 6.18. The second-order valence-corrected chi connectivity index (χ2v) is 6.18. The minimum atomic E-state index is -1.14. The van der Waals surface area contributed by atoms with Gasteiger partial charge in [-0.3, -0.25) is 4.79 Å². The van der Waals surface area contributed by atoms with Crippen molar-refractivity contribution in [3.8, 4) is 0 Å². The molecule has 0 radical (unpaired) electrons. The lowest BCUT2D eigenvalue weighted by Crippen LogP contribution is -2.63. The molecule has 2 aliphatic rings. The predicted octanol–water partition coefficient (Wildman–Crippen LogP) is 0.832. The molecule has 6 heteroatoms. The number of aliphatic hydroxyl groups excluding tert-OH is 2. The number of carboxylic acids is 1. The Hall–Kier alpha value is -2.18. The Bertz CT molecular complexity index is 691. The van der Waals surface area contributed by atoms with E-state index in [2.05, 4.69) is 0 Å². The number of aliphatic hydroxyl groups is 2. The molecule has 1 aromatic carbocycles. The summed E-state index contributed by atoms with van der Waals surface area (Å²) in [6, 6.07) is 6.67. The van der Waals surface area contributed by atoms with Gasteiger partial charge in [0.2, 0.25) is 5.91 Å². The van der Waals surface area contributed by atoms with E-state index in [1.807, 2.05) is 6.92 Å². The van der Waals surface area contributed by atoms with E-state index in [9.17, 15) is 19.8 Å². The third kappa shape index (κ3) is 2.17. The number of carbonyl (C=O) groups is 2. The Morgan fingerprint density at radius 1 is 1.30 bits per heavy atom. The van der Waals surface area contributed by atoms with Crippen LogP contribution < -0.4 is 0 Å². The minimum Gasteiger partial charge on any atom is -0.477 e. The monoisotopic (exact) mass is 317 g/mol. The third-order valence-electron chi connectivity index (χ3n) is 4.82. The first-order valence-corrected chi connectivity index (χ1v) is 7.57. The molecular weight excluding hydrogens is 298 g/mol. The van der Waals surface area contributed by atoms with E-state index < -0.39 is 18.0 Å². The highest BCUT2D eigenvalue weighted by Gasteiger charge is 2.59. The second kappa shape index (κ2) is 5.47. The van der Waals surface area contributed by atoms with Crippen molar-refractivity contribution in [2.75, 3.05) is 0 Å². The van der Waals surface area contributed by atoms with E-state index in [0.717, 1.165) is 11.1 Å². The maximum atomic E-state index is 12.3. The van der Waals surface area contributed by atoms with E-state index in [1.165, 1.54) is 4.90 Å². The van der Waals surface area contributed by atoms with Gasteiger partial charge in [0.15, 0.2) is 0 Å². The van der Waals surface area contributed by atoms with Crippen LogP contribution in [-0.2, 0) is 16.2 Å². The number of benzene rings is 1. The number of carbonyl (C=O) groups excluding carboxylic acids is 1. The van der Waals surface area contributed by atoms with E-state index in [-0.39, 0.29) is 30.2 Å². The average molecular weight is 317 g/mol. The Morgan fingerprint density at radius 2 is 1.91 bits per heavy atom. The van der Waals surface area contributed by atoms with Crippen molar-refractivity contribution in [1.29, 1.82) is 0 Å². The summed E-state index contributed by atoms with van der Waals surface area (Å²) >= 11 is 0. The van der Waals surface area contributed by atoms with Crippen molar-refractivity contribution < 1.29 is 24.9 Å². The molecule has 2 heterocycles. The van der Waals surface area contributed by atoms with Crippen LogP contribution in [0.25, 0.3) is 5.57 Å². The highest BCUT2D eigenvalue weighted by molar-refractivity contribution is 6.06. The fourth-order valence-corrected chi connectivity index (χ4v) is 3.74. The fourth-order valence-electron chi connectivity index (χ4n) is 3.74. The topological polar surface area (TPSA) is 98.1 Å². The fraction of sp³-hybridized carbons (Fsp3) is 0.412. The SMILES string of the molecule is C[C@@H](O)[C@H]1C(=O)N2C(C(=O)O)=C(c3ccc(CO)cc3)[C@H](C)[C@H]12. The number of fused-ring (bicyclic) bond motifs is 1. The zero-order valence-electron chi connectivity index (χ0n) is 12.9. The minimum absolute atomic E-state index is 0.00106.